The molecule has 1 saturated carbocycles. The third-order valence-electron chi connectivity index (χ3n) is 3.61. The first-order valence-electron chi connectivity index (χ1n) is 7.38. The normalized spacial score (nSPS) is 18.6. The summed E-state index contributed by atoms with van der Waals surface area (Å²) in [6.45, 7) is 5.74. The van der Waals surface area contributed by atoms with Crippen LogP contribution in [-0.4, -0.2) is 36.4 Å². The summed E-state index contributed by atoms with van der Waals surface area (Å²) in [7, 11) is 1.55. The molecular formula is C16H26O5. The monoisotopic (exact) mass is 298 g/mol. The Morgan fingerprint density at radius 1 is 1.24 bits per heavy atom. The molecule has 1 aliphatic rings. The van der Waals surface area contributed by atoms with E-state index in [2.05, 4.69) is 0 Å². The molecule has 5 nitrogen and oxygen atoms in total. The molecular weight excluding hydrogens is 272 g/mol. The van der Waals surface area contributed by atoms with E-state index >= 15 is 0 Å². The smallest absolute Gasteiger partial charge is 0.334 e. The van der Waals surface area contributed by atoms with Gasteiger partial charge in [0.25, 0.3) is 0 Å². The molecule has 0 spiro atoms. The number of ether oxygens (including phenoxy) is 2. The number of aliphatic carboxylic acids is 1. The Morgan fingerprint density at radius 2 is 1.81 bits per heavy atom. The molecule has 120 valence electrons. The van der Waals surface area contributed by atoms with Gasteiger partial charge < -0.3 is 14.6 Å². The average Bonchev–Trinajstić information content (AvgIpc) is 2.82. The van der Waals surface area contributed by atoms with Gasteiger partial charge in [0.2, 0.25) is 0 Å². The molecule has 0 aromatic rings. The van der Waals surface area contributed by atoms with Crippen LogP contribution in [0.1, 0.15) is 52.9 Å². The molecule has 0 radical (unpaired) electrons. The summed E-state index contributed by atoms with van der Waals surface area (Å²) >= 11 is 0. The predicted molar refractivity (Wildman–Crippen MR) is 79.0 cm³/mol. The Morgan fingerprint density at radius 3 is 2.24 bits per heavy atom. The first-order valence-corrected chi connectivity index (χ1v) is 7.38. The lowest BCUT2D eigenvalue weighted by Crippen LogP contribution is -2.29. The number of hydrogen-bond donors (Lipinski definition) is 1. The second-order valence-corrected chi connectivity index (χ2v) is 6.58. The van der Waals surface area contributed by atoms with E-state index in [1.165, 1.54) is 0 Å². The first-order chi connectivity index (χ1) is 9.70. The highest BCUT2D eigenvalue weighted by molar-refractivity contribution is 5.90. The van der Waals surface area contributed by atoms with E-state index in [0.717, 1.165) is 12.8 Å². The first kappa shape index (κ1) is 17.7. The van der Waals surface area contributed by atoms with E-state index in [-0.39, 0.29) is 0 Å². The Hall–Kier alpha value is -1.36. The minimum absolute atomic E-state index is 0.362. The van der Waals surface area contributed by atoms with Gasteiger partial charge in [0.05, 0.1) is 12.0 Å². The van der Waals surface area contributed by atoms with Gasteiger partial charge in [-0.1, -0.05) is 18.9 Å². The largest absolute Gasteiger partial charge is 0.481 e. The van der Waals surface area contributed by atoms with Crippen molar-refractivity contribution in [1.29, 1.82) is 0 Å². The Labute approximate surface area is 126 Å². The van der Waals surface area contributed by atoms with Gasteiger partial charge in [0, 0.05) is 19.1 Å². The highest BCUT2D eigenvalue weighted by atomic mass is 16.6. The summed E-state index contributed by atoms with van der Waals surface area (Å²) in [5, 5.41) is 9.52. The summed E-state index contributed by atoms with van der Waals surface area (Å²) < 4.78 is 10.4. The molecule has 0 aliphatic heterocycles. The fourth-order valence-corrected chi connectivity index (χ4v) is 2.55. The number of esters is 1. The number of methoxy groups -OCH3 is 1. The summed E-state index contributed by atoms with van der Waals surface area (Å²) in [5.74, 6) is -1.31. The maximum atomic E-state index is 12.3. The molecule has 0 saturated heterocycles. The third kappa shape index (κ3) is 5.16. The molecule has 1 N–H and O–H groups in total. The topological polar surface area (TPSA) is 72.8 Å². The van der Waals surface area contributed by atoms with Gasteiger partial charge in [-0.2, -0.15) is 0 Å². The van der Waals surface area contributed by atoms with Crippen LogP contribution in [-0.2, 0) is 19.1 Å². The van der Waals surface area contributed by atoms with Crippen LogP contribution in [0.4, 0.5) is 0 Å². The van der Waals surface area contributed by atoms with Crippen molar-refractivity contribution in [3.05, 3.63) is 11.6 Å². The summed E-state index contributed by atoms with van der Waals surface area (Å²) in [4.78, 5) is 23.9. The van der Waals surface area contributed by atoms with Crippen LogP contribution in [0.5, 0.6) is 0 Å². The lowest BCUT2D eigenvalue weighted by atomic mass is 9.83. The van der Waals surface area contributed by atoms with Crippen LogP contribution in [0.25, 0.3) is 0 Å². The number of carbonyl (C=O) groups is 2. The molecule has 0 aromatic carbocycles. The highest BCUT2D eigenvalue weighted by Crippen LogP contribution is 2.41. The van der Waals surface area contributed by atoms with E-state index in [4.69, 9.17) is 9.47 Å². The van der Waals surface area contributed by atoms with E-state index in [0.29, 0.717) is 31.4 Å². The second-order valence-electron chi connectivity index (χ2n) is 6.58. The van der Waals surface area contributed by atoms with Crippen LogP contribution in [0.2, 0.25) is 0 Å². The molecule has 0 aromatic heterocycles. The van der Waals surface area contributed by atoms with Gasteiger partial charge in [0.15, 0.2) is 0 Å². The average molecular weight is 298 g/mol. The summed E-state index contributed by atoms with van der Waals surface area (Å²) in [5.41, 5.74) is -1.13. The molecule has 0 heterocycles. The minimum Gasteiger partial charge on any atom is -0.481 e. The highest BCUT2D eigenvalue weighted by Gasteiger charge is 2.40. The number of rotatable bonds is 6. The van der Waals surface area contributed by atoms with Crippen molar-refractivity contribution in [3.8, 4) is 0 Å². The van der Waals surface area contributed by atoms with Crippen molar-refractivity contribution in [1.82, 2.24) is 0 Å². The molecule has 21 heavy (non-hydrogen) atoms. The maximum absolute atomic E-state index is 12.3. The van der Waals surface area contributed by atoms with Gasteiger partial charge in [-0.05, 0) is 33.6 Å². The van der Waals surface area contributed by atoms with Gasteiger partial charge in [-0.3, -0.25) is 4.79 Å². The van der Waals surface area contributed by atoms with Crippen molar-refractivity contribution < 1.29 is 24.2 Å². The van der Waals surface area contributed by atoms with Crippen LogP contribution in [0.3, 0.4) is 0 Å². The van der Waals surface area contributed by atoms with E-state index in [9.17, 15) is 14.7 Å². The number of carbonyl (C=O) groups excluding carboxylic acids is 1. The molecule has 0 bridgehead atoms. The summed E-state index contributed by atoms with van der Waals surface area (Å²) in [6, 6.07) is 0. The third-order valence-corrected chi connectivity index (χ3v) is 3.61. The lowest BCUT2D eigenvalue weighted by molar-refractivity contribution is -0.150. The van der Waals surface area contributed by atoms with Crippen molar-refractivity contribution in [2.24, 2.45) is 5.41 Å². The van der Waals surface area contributed by atoms with E-state index in [1.807, 2.05) is 0 Å². The molecule has 1 rings (SSSR count). The van der Waals surface area contributed by atoms with E-state index < -0.39 is 23.0 Å². The van der Waals surface area contributed by atoms with E-state index in [1.54, 1.807) is 34.0 Å². The molecule has 5 heteroatoms. The number of hydrogen-bond acceptors (Lipinski definition) is 4. The molecule has 0 amide bonds. The number of carboxylic acids is 1. The maximum Gasteiger partial charge on any atom is 0.334 e. The molecule has 1 aliphatic carbocycles. The van der Waals surface area contributed by atoms with Crippen LogP contribution >= 0.6 is 0 Å². The van der Waals surface area contributed by atoms with Crippen LogP contribution in [0, 0.1) is 5.41 Å². The van der Waals surface area contributed by atoms with Gasteiger partial charge in [-0.25, -0.2) is 4.79 Å². The summed E-state index contributed by atoms with van der Waals surface area (Å²) in [6.07, 6.45) is 4.85. The predicted octanol–water partition coefficient (Wildman–Crippen LogP) is 2.94. The molecule has 0 unspecified atom stereocenters. The van der Waals surface area contributed by atoms with Gasteiger partial charge >= 0.3 is 11.9 Å². The van der Waals surface area contributed by atoms with Gasteiger partial charge in [-0.15, -0.1) is 0 Å². The fourth-order valence-electron chi connectivity index (χ4n) is 2.55. The molecule has 1 fully saturated rings. The quantitative estimate of drug-likeness (QED) is 0.603. The SMILES string of the molecule is COCCC(=CC1(C(=O)O)CCCC1)C(=O)OC(C)(C)C. The Kier molecular flexibility index (Phi) is 5.96. The fraction of sp³-hybridized carbons (Fsp3) is 0.750. The van der Waals surface area contributed by atoms with Crippen molar-refractivity contribution in [2.75, 3.05) is 13.7 Å². The van der Waals surface area contributed by atoms with Crippen LogP contribution in [0.15, 0.2) is 11.6 Å². The van der Waals surface area contributed by atoms with Gasteiger partial charge in [0.1, 0.15) is 5.60 Å². The Balaban J connectivity index is 3.02. The lowest BCUT2D eigenvalue weighted by Gasteiger charge is -2.24. The van der Waals surface area contributed by atoms with Crippen molar-refractivity contribution in [3.63, 3.8) is 0 Å². The standard InChI is InChI=1S/C16H26O5/c1-15(2,3)21-13(17)12(7-10-20-4)11-16(14(18)19)8-5-6-9-16/h11H,5-10H2,1-4H3,(H,18,19). The molecule has 0 atom stereocenters. The van der Waals surface area contributed by atoms with Crippen LogP contribution < -0.4 is 0 Å². The zero-order valence-corrected chi connectivity index (χ0v) is 13.4. The van der Waals surface area contributed by atoms with Crippen molar-refractivity contribution in [2.45, 2.75) is 58.5 Å². The zero-order valence-electron chi connectivity index (χ0n) is 13.4. The zero-order chi connectivity index (χ0) is 16.1. The Bertz CT molecular complexity index is 411. The van der Waals surface area contributed by atoms with Crippen molar-refractivity contribution >= 4 is 11.9 Å². The second kappa shape index (κ2) is 7.07. The minimum atomic E-state index is -0.931. The number of carboxylic acid groups (broad SMARTS) is 1.